The number of piperidine rings is 1. The van der Waals surface area contributed by atoms with Gasteiger partial charge in [-0.05, 0) is 49.3 Å². The summed E-state index contributed by atoms with van der Waals surface area (Å²) in [5.74, 6) is 1.53. The number of aromatic nitrogens is 2. The number of rotatable bonds is 2. The van der Waals surface area contributed by atoms with E-state index >= 15 is 0 Å². The molecule has 2 unspecified atom stereocenters. The Bertz CT molecular complexity index is 453. The molecule has 0 radical (unpaired) electrons. The van der Waals surface area contributed by atoms with E-state index in [0.29, 0.717) is 5.92 Å². The molecule has 0 spiro atoms. The molecule has 7 heteroatoms. The van der Waals surface area contributed by atoms with Gasteiger partial charge < -0.3 is 10.2 Å². The van der Waals surface area contributed by atoms with Crippen LogP contribution in [0.2, 0.25) is 0 Å². The number of hydrogen-bond donors (Lipinski definition) is 1. The van der Waals surface area contributed by atoms with Gasteiger partial charge >= 0.3 is 0 Å². The maximum Gasteiger partial charge on any atom is 0.267 e. The predicted molar refractivity (Wildman–Crippen MR) is 76.9 cm³/mol. The third-order valence-corrected chi connectivity index (χ3v) is 4.83. The van der Waals surface area contributed by atoms with E-state index in [1.54, 1.807) is 0 Å². The molecule has 0 aromatic carbocycles. The number of likely N-dealkylation sites (tertiary alicyclic amines) is 1. The molecule has 0 bridgehead atoms. The first-order valence-electron chi connectivity index (χ1n) is 6.60. The first kappa shape index (κ1) is 14.7. The van der Waals surface area contributed by atoms with Crippen molar-refractivity contribution in [2.24, 2.45) is 11.8 Å². The highest BCUT2D eigenvalue weighted by Crippen LogP contribution is 2.28. The summed E-state index contributed by atoms with van der Waals surface area (Å²) in [6.07, 6.45) is 1.90. The van der Waals surface area contributed by atoms with Crippen LogP contribution in [0.15, 0.2) is 0 Å². The molecule has 3 heterocycles. The standard InChI is InChI=1S/C12H18N4OS.ClH/c1-2-10-11(18-15-14-10)12(17)16-4-3-8-5-13-6-9(8)7-16;/h8-9,13H,2-7H2,1H3;1H. The van der Waals surface area contributed by atoms with Gasteiger partial charge in [-0.2, -0.15) is 0 Å². The van der Waals surface area contributed by atoms with E-state index in [0.717, 1.165) is 55.5 Å². The molecule has 1 amide bonds. The Kier molecular flexibility index (Phi) is 4.76. The number of hydrogen-bond acceptors (Lipinski definition) is 5. The van der Waals surface area contributed by atoms with Gasteiger partial charge in [0.25, 0.3) is 5.91 Å². The maximum atomic E-state index is 12.5. The second-order valence-electron chi connectivity index (χ2n) is 5.12. The molecule has 19 heavy (non-hydrogen) atoms. The third-order valence-electron chi connectivity index (χ3n) is 4.08. The average Bonchev–Trinajstić information content (AvgIpc) is 3.05. The summed E-state index contributed by atoms with van der Waals surface area (Å²) in [4.78, 5) is 15.2. The molecule has 3 rings (SSSR count). The summed E-state index contributed by atoms with van der Waals surface area (Å²) >= 11 is 1.23. The van der Waals surface area contributed by atoms with Gasteiger partial charge in [0.05, 0.1) is 5.69 Å². The van der Waals surface area contributed by atoms with Gasteiger partial charge in [0.1, 0.15) is 4.88 Å². The lowest BCUT2D eigenvalue weighted by Gasteiger charge is -2.34. The van der Waals surface area contributed by atoms with Gasteiger partial charge in [-0.15, -0.1) is 17.5 Å². The molecule has 2 atom stereocenters. The van der Waals surface area contributed by atoms with Crippen LogP contribution in [0.25, 0.3) is 0 Å². The number of aryl methyl sites for hydroxylation is 1. The Morgan fingerprint density at radius 1 is 1.47 bits per heavy atom. The minimum Gasteiger partial charge on any atom is -0.337 e. The number of nitrogens with one attached hydrogen (secondary N) is 1. The molecule has 2 fully saturated rings. The number of fused-ring (bicyclic) bond motifs is 1. The van der Waals surface area contributed by atoms with Crippen LogP contribution in [0.4, 0.5) is 0 Å². The minimum atomic E-state index is 0. The van der Waals surface area contributed by atoms with Crippen molar-refractivity contribution in [3.8, 4) is 0 Å². The Balaban J connectivity index is 0.00000133. The molecular weight excluding hydrogens is 284 g/mol. The average molecular weight is 303 g/mol. The van der Waals surface area contributed by atoms with E-state index in [9.17, 15) is 4.79 Å². The van der Waals surface area contributed by atoms with Crippen LogP contribution in [-0.4, -0.2) is 46.6 Å². The Hall–Kier alpha value is -0.720. The topological polar surface area (TPSA) is 58.1 Å². The van der Waals surface area contributed by atoms with Crippen molar-refractivity contribution in [3.63, 3.8) is 0 Å². The van der Waals surface area contributed by atoms with Crippen LogP contribution >= 0.6 is 23.9 Å². The maximum absolute atomic E-state index is 12.5. The molecule has 2 aliphatic heterocycles. The van der Waals surface area contributed by atoms with Crippen LogP contribution in [0.3, 0.4) is 0 Å². The molecule has 1 aromatic rings. The van der Waals surface area contributed by atoms with E-state index in [-0.39, 0.29) is 18.3 Å². The van der Waals surface area contributed by atoms with Crippen LogP contribution in [-0.2, 0) is 6.42 Å². The van der Waals surface area contributed by atoms with Crippen molar-refractivity contribution in [1.29, 1.82) is 0 Å². The lowest BCUT2D eigenvalue weighted by Crippen LogP contribution is -2.43. The van der Waals surface area contributed by atoms with E-state index in [1.807, 2.05) is 11.8 Å². The van der Waals surface area contributed by atoms with Crippen molar-refractivity contribution >= 4 is 29.8 Å². The van der Waals surface area contributed by atoms with E-state index < -0.39 is 0 Å². The van der Waals surface area contributed by atoms with Crippen LogP contribution in [0.1, 0.15) is 28.7 Å². The molecule has 106 valence electrons. The number of halogens is 1. The zero-order chi connectivity index (χ0) is 12.5. The molecular formula is C12H19ClN4OS. The van der Waals surface area contributed by atoms with Gasteiger partial charge in [0, 0.05) is 13.1 Å². The fourth-order valence-corrected chi connectivity index (χ4v) is 3.68. The van der Waals surface area contributed by atoms with Gasteiger partial charge in [-0.25, -0.2) is 0 Å². The Morgan fingerprint density at radius 2 is 2.26 bits per heavy atom. The summed E-state index contributed by atoms with van der Waals surface area (Å²) in [6.45, 7) is 5.95. The highest BCUT2D eigenvalue weighted by atomic mass is 35.5. The van der Waals surface area contributed by atoms with Crippen molar-refractivity contribution in [3.05, 3.63) is 10.6 Å². The molecule has 2 aliphatic rings. The van der Waals surface area contributed by atoms with Crippen LogP contribution in [0, 0.1) is 11.8 Å². The van der Waals surface area contributed by atoms with Gasteiger partial charge in [-0.1, -0.05) is 11.4 Å². The number of nitrogens with zero attached hydrogens (tertiary/aromatic N) is 3. The summed E-state index contributed by atoms with van der Waals surface area (Å²) in [5, 5.41) is 7.45. The Labute approximate surface area is 123 Å². The zero-order valence-corrected chi connectivity index (χ0v) is 12.6. The van der Waals surface area contributed by atoms with Gasteiger partial charge in [-0.3, -0.25) is 4.79 Å². The van der Waals surface area contributed by atoms with Crippen molar-refractivity contribution in [2.45, 2.75) is 19.8 Å². The first-order chi connectivity index (χ1) is 8.79. The SMILES string of the molecule is CCc1nnsc1C(=O)N1CCC2CNCC2C1.Cl. The quantitative estimate of drug-likeness (QED) is 0.892. The third kappa shape index (κ3) is 2.75. The molecule has 0 aliphatic carbocycles. The van der Waals surface area contributed by atoms with Crippen LogP contribution in [0.5, 0.6) is 0 Å². The predicted octanol–water partition coefficient (Wildman–Crippen LogP) is 1.20. The molecule has 0 saturated carbocycles. The molecule has 1 N–H and O–H groups in total. The van der Waals surface area contributed by atoms with E-state index in [2.05, 4.69) is 14.9 Å². The molecule has 5 nitrogen and oxygen atoms in total. The number of carbonyl (C=O) groups excluding carboxylic acids is 1. The van der Waals surface area contributed by atoms with Gasteiger partial charge in [0.2, 0.25) is 0 Å². The summed E-state index contributed by atoms with van der Waals surface area (Å²) < 4.78 is 3.91. The summed E-state index contributed by atoms with van der Waals surface area (Å²) in [5.41, 5.74) is 0.844. The number of carbonyl (C=O) groups is 1. The fourth-order valence-electron chi connectivity index (χ4n) is 2.97. The second-order valence-corrected chi connectivity index (χ2v) is 5.87. The first-order valence-corrected chi connectivity index (χ1v) is 7.38. The molecule has 1 aromatic heterocycles. The van der Waals surface area contributed by atoms with E-state index in [4.69, 9.17) is 0 Å². The molecule has 2 saturated heterocycles. The lowest BCUT2D eigenvalue weighted by atomic mass is 9.88. The monoisotopic (exact) mass is 302 g/mol. The number of amides is 1. The Morgan fingerprint density at radius 3 is 3.05 bits per heavy atom. The lowest BCUT2D eigenvalue weighted by molar-refractivity contribution is 0.0646. The summed E-state index contributed by atoms with van der Waals surface area (Å²) in [7, 11) is 0. The van der Waals surface area contributed by atoms with E-state index in [1.165, 1.54) is 11.5 Å². The van der Waals surface area contributed by atoms with Gasteiger partial charge in [0.15, 0.2) is 0 Å². The summed E-state index contributed by atoms with van der Waals surface area (Å²) in [6, 6.07) is 0. The largest absolute Gasteiger partial charge is 0.337 e. The fraction of sp³-hybridized carbons (Fsp3) is 0.750. The normalized spacial score (nSPS) is 25.8. The second kappa shape index (κ2) is 6.15. The zero-order valence-electron chi connectivity index (χ0n) is 11.0. The minimum absolute atomic E-state index is 0. The highest BCUT2D eigenvalue weighted by Gasteiger charge is 2.35. The van der Waals surface area contributed by atoms with Crippen LogP contribution < -0.4 is 5.32 Å². The smallest absolute Gasteiger partial charge is 0.267 e. The van der Waals surface area contributed by atoms with Crippen molar-refractivity contribution in [1.82, 2.24) is 19.8 Å². The van der Waals surface area contributed by atoms with Crippen molar-refractivity contribution in [2.75, 3.05) is 26.2 Å². The van der Waals surface area contributed by atoms with Crippen molar-refractivity contribution < 1.29 is 4.79 Å². The highest BCUT2D eigenvalue weighted by molar-refractivity contribution is 7.08.